The van der Waals surface area contributed by atoms with E-state index in [0.717, 1.165) is 31.6 Å². The number of carbonyl (C=O) groups is 1. The molecule has 0 saturated carbocycles. The number of carbonyl (C=O) groups excluding carboxylic acids is 1. The second-order valence-corrected chi connectivity index (χ2v) is 6.09. The van der Waals surface area contributed by atoms with Crippen molar-refractivity contribution in [3.05, 3.63) is 12.2 Å². The number of likely N-dealkylation sites (N-methyl/N-ethyl adjacent to an activating group) is 1. The third-order valence-corrected chi connectivity index (χ3v) is 4.79. The van der Waals surface area contributed by atoms with E-state index in [-0.39, 0.29) is 17.9 Å². The monoisotopic (exact) mass is 301 g/mol. The average Bonchev–Trinajstić information content (AvgIpc) is 2.78. The smallest absolute Gasteiger partial charge is 0.252 e. The molecule has 0 aliphatic carbocycles. The third kappa shape index (κ3) is 1.95. The Labute approximate surface area is 128 Å². The van der Waals surface area contributed by atoms with Crippen molar-refractivity contribution in [2.45, 2.75) is 32.2 Å². The molecule has 5 rings (SSSR count). The second-order valence-electron chi connectivity index (χ2n) is 6.09. The quantitative estimate of drug-likeness (QED) is 0.830. The Balaban J connectivity index is 1.76. The van der Waals surface area contributed by atoms with Crippen LogP contribution in [0.25, 0.3) is 11.2 Å². The molecule has 3 aliphatic rings. The van der Waals surface area contributed by atoms with Gasteiger partial charge >= 0.3 is 0 Å². The zero-order valence-electron chi connectivity index (χ0n) is 12.8. The lowest BCUT2D eigenvalue weighted by Crippen LogP contribution is -2.45. The fourth-order valence-corrected chi connectivity index (χ4v) is 3.50. The van der Waals surface area contributed by atoms with Crippen LogP contribution in [0.2, 0.25) is 0 Å². The molecule has 3 saturated heterocycles. The van der Waals surface area contributed by atoms with Gasteiger partial charge in [-0.15, -0.1) is 0 Å². The molecule has 0 radical (unpaired) electrons. The molecular weight excluding hydrogens is 282 g/mol. The molecule has 0 N–H and O–H groups in total. The summed E-state index contributed by atoms with van der Waals surface area (Å²) >= 11 is 0. The van der Waals surface area contributed by atoms with Gasteiger partial charge in [0.2, 0.25) is 5.91 Å². The van der Waals surface area contributed by atoms with Gasteiger partial charge in [0.1, 0.15) is 6.33 Å². The summed E-state index contributed by atoms with van der Waals surface area (Å²) in [5.74, 6) is 1.75. The van der Waals surface area contributed by atoms with Gasteiger partial charge in [0.05, 0.1) is 5.92 Å². The van der Waals surface area contributed by atoms with E-state index in [1.54, 1.807) is 0 Å². The van der Waals surface area contributed by atoms with Gasteiger partial charge in [-0.25, -0.2) is 9.97 Å². The average molecular weight is 301 g/mol. The van der Waals surface area contributed by atoms with Gasteiger partial charge in [-0.2, -0.15) is 4.98 Å². The lowest BCUT2D eigenvalue weighted by Gasteiger charge is -2.32. The van der Waals surface area contributed by atoms with Crippen molar-refractivity contribution < 1.29 is 9.21 Å². The maximum absolute atomic E-state index is 12.3. The molecule has 3 aliphatic heterocycles. The van der Waals surface area contributed by atoms with Crippen molar-refractivity contribution in [3.63, 3.8) is 0 Å². The Bertz CT molecular complexity index is 728. The summed E-state index contributed by atoms with van der Waals surface area (Å²) in [6.45, 7) is 3.48. The van der Waals surface area contributed by atoms with E-state index < -0.39 is 0 Å². The topological polar surface area (TPSA) is 75.4 Å². The third-order valence-electron chi connectivity index (χ3n) is 4.79. The van der Waals surface area contributed by atoms with Crippen LogP contribution in [0.4, 0.5) is 5.82 Å². The lowest BCUT2D eigenvalue weighted by molar-refractivity contribution is -0.138. The van der Waals surface area contributed by atoms with E-state index in [4.69, 9.17) is 4.42 Å². The van der Waals surface area contributed by atoms with Gasteiger partial charge in [0.15, 0.2) is 17.2 Å². The van der Waals surface area contributed by atoms with E-state index in [2.05, 4.69) is 19.9 Å². The number of aryl methyl sites for hydroxylation is 1. The van der Waals surface area contributed by atoms with Crippen LogP contribution in [0.5, 0.6) is 0 Å². The molecule has 22 heavy (non-hydrogen) atoms. The number of amides is 1. The van der Waals surface area contributed by atoms with Gasteiger partial charge in [0.25, 0.3) is 5.71 Å². The molecule has 2 aromatic heterocycles. The Kier molecular flexibility index (Phi) is 3.02. The molecule has 1 amide bonds. The Hall–Kier alpha value is -2.18. The molecule has 2 aromatic rings. The minimum absolute atomic E-state index is 0.0475. The highest BCUT2D eigenvalue weighted by Gasteiger charge is 2.39. The number of hydrogen-bond acceptors (Lipinski definition) is 6. The Morgan fingerprint density at radius 3 is 3.00 bits per heavy atom. The highest BCUT2D eigenvalue weighted by Crippen LogP contribution is 2.32. The standard InChI is InChI=1S/C15H19N5O2/c1-3-11-18-12-13(16-8-17-14(12)22-11)20-6-9-4-5-10(7-20)19(2)15(9)21/h8-10H,3-7H2,1-2H3/t9-,10+/m0/s1. The highest BCUT2D eigenvalue weighted by molar-refractivity contribution is 5.84. The minimum atomic E-state index is 0.0475. The van der Waals surface area contributed by atoms with Crippen molar-refractivity contribution >= 4 is 23.0 Å². The summed E-state index contributed by atoms with van der Waals surface area (Å²) in [7, 11) is 1.91. The largest absolute Gasteiger partial charge is 0.422 e. The molecule has 7 nitrogen and oxygen atoms in total. The van der Waals surface area contributed by atoms with E-state index in [1.807, 2.05) is 18.9 Å². The van der Waals surface area contributed by atoms with Crippen LogP contribution < -0.4 is 4.90 Å². The summed E-state index contributed by atoms with van der Waals surface area (Å²) < 4.78 is 5.63. The number of hydrogen-bond donors (Lipinski definition) is 0. The molecule has 5 heterocycles. The summed E-state index contributed by atoms with van der Waals surface area (Å²) in [4.78, 5) is 29.5. The zero-order valence-corrected chi connectivity index (χ0v) is 12.8. The number of fused-ring (bicyclic) bond motifs is 5. The first-order valence-corrected chi connectivity index (χ1v) is 7.79. The van der Waals surface area contributed by atoms with E-state index >= 15 is 0 Å². The molecule has 3 fully saturated rings. The van der Waals surface area contributed by atoms with Crippen LogP contribution in [-0.2, 0) is 11.2 Å². The van der Waals surface area contributed by atoms with Crippen LogP contribution >= 0.6 is 0 Å². The van der Waals surface area contributed by atoms with Gasteiger partial charge in [-0.1, -0.05) is 6.92 Å². The molecule has 0 unspecified atom stereocenters. The first kappa shape index (κ1) is 13.5. The Morgan fingerprint density at radius 2 is 2.18 bits per heavy atom. The fraction of sp³-hybridized carbons (Fsp3) is 0.600. The predicted octanol–water partition coefficient (Wildman–Crippen LogP) is 1.24. The maximum atomic E-state index is 12.3. The molecule has 116 valence electrons. The van der Waals surface area contributed by atoms with Gasteiger partial charge in [-0.3, -0.25) is 4.79 Å². The number of aromatic nitrogens is 3. The zero-order chi connectivity index (χ0) is 15.3. The molecule has 2 atom stereocenters. The van der Waals surface area contributed by atoms with Gasteiger partial charge < -0.3 is 14.2 Å². The van der Waals surface area contributed by atoms with Crippen molar-refractivity contribution in [3.8, 4) is 0 Å². The van der Waals surface area contributed by atoms with Crippen LogP contribution in [0.3, 0.4) is 0 Å². The Morgan fingerprint density at radius 1 is 1.32 bits per heavy atom. The molecular formula is C15H19N5O2. The summed E-state index contributed by atoms with van der Waals surface area (Å²) in [6, 6.07) is 0.244. The fourth-order valence-electron chi connectivity index (χ4n) is 3.50. The minimum Gasteiger partial charge on any atom is -0.422 e. The number of piperidine rings is 1. The predicted molar refractivity (Wildman–Crippen MR) is 80.5 cm³/mol. The molecule has 0 aromatic carbocycles. The van der Waals surface area contributed by atoms with Crippen LogP contribution in [0.15, 0.2) is 10.7 Å². The van der Waals surface area contributed by atoms with Crippen LogP contribution in [0.1, 0.15) is 25.7 Å². The van der Waals surface area contributed by atoms with E-state index in [0.29, 0.717) is 23.7 Å². The summed E-state index contributed by atoms with van der Waals surface area (Å²) in [6.07, 6.45) is 4.25. The highest BCUT2D eigenvalue weighted by atomic mass is 16.4. The summed E-state index contributed by atoms with van der Waals surface area (Å²) in [5, 5.41) is 0. The number of oxazole rings is 1. The van der Waals surface area contributed by atoms with E-state index in [1.165, 1.54) is 6.33 Å². The summed E-state index contributed by atoms with van der Waals surface area (Å²) in [5.41, 5.74) is 1.23. The van der Waals surface area contributed by atoms with Crippen molar-refractivity contribution in [2.24, 2.45) is 5.92 Å². The number of nitrogens with zero attached hydrogens (tertiary/aromatic N) is 5. The SMILES string of the molecule is CCc1nc2c(N3C[C@@H]4CC[C@H](C3)N(C)C4=O)ncnc2o1. The maximum Gasteiger partial charge on any atom is 0.252 e. The van der Waals surface area contributed by atoms with Crippen molar-refractivity contribution in [2.75, 3.05) is 25.0 Å². The lowest BCUT2D eigenvalue weighted by atomic mass is 9.95. The van der Waals surface area contributed by atoms with Crippen molar-refractivity contribution in [1.82, 2.24) is 19.9 Å². The first-order chi connectivity index (χ1) is 10.7. The molecule has 7 heteroatoms. The number of rotatable bonds is 2. The molecule has 0 spiro atoms. The van der Waals surface area contributed by atoms with Crippen LogP contribution in [-0.4, -0.2) is 51.9 Å². The van der Waals surface area contributed by atoms with E-state index in [9.17, 15) is 4.79 Å². The van der Waals surface area contributed by atoms with Crippen molar-refractivity contribution in [1.29, 1.82) is 0 Å². The van der Waals surface area contributed by atoms with Gasteiger partial charge in [-0.05, 0) is 12.8 Å². The van der Waals surface area contributed by atoms with Crippen LogP contribution in [0, 0.1) is 5.92 Å². The normalized spacial score (nSPS) is 25.1. The molecule has 2 bridgehead atoms. The number of anilines is 1. The first-order valence-electron chi connectivity index (χ1n) is 7.79. The van der Waals surface area contributed by atoms with Gasteiger partial charge in [0, 0.05) is 32.6 Å². The second kappa shape index (κ2) is 4.93.